The van der Waals surface area contributed by atoms with E-state index in [1.54, 1.807) is 0 Å². The number of hydrogen-bond donors (Lipinski definition) is 2. The summed E-state index contributed by atoms with van der Waals surface area (Å²) in [6.45, 7) is 7.18. The lowest BCUT2D eigenvalue weighted by Gasteiger charge is -2.16. The van der Waals surface area contributed by atoms with Crippen LogP contribution in [0.3, 0.4) is 0 Å². The van der Waals surface area contributed by atoms with E-state index in [1.807, 2.05) is 37.3 Å². The summed E-state index contributed by atoms with van der Waals surface area (Å²) >= 11 is 0. The molecule has 2 unspecified atom stereocenters. The summed E-state index contributed by atoms with van der Waals surface area (Å²) in [6.07, 6.45) is -0.480. The Bertz CT molecular complexity index is 583. The average molecular weight is 300 g/mol. The third kappa shape index (κ3) is 4.86. The molecule has 0 spiro atoms. The summed E-state index contributed by atoms with van der Waals surface area (Å²) in [5, 5.41) is 12.2. The van der Waals surface area contributed by atoms with Gasteiger partial charge in [0.2, 0.25) is 0 Å². The molecule has 3 heteroatoms. The molecule has 118 valence electrons. The highest BCUT2D eigenvalue weighted by Gasteiger charge is 2.13. The largest absolute Gasteiger partial charge is 0.490 e. The molecule has 0 aromatic heterocycles. The van der Waals surface area contributed by atoms with Crippen LogP contribution >= 0.6 is 0 Å². The van der Waals surface area contributed by atoms with Crippen molar-refractivity contribution < 1.29 is 15.2 Å². The van der Waals surface area contributed by atoms with E-state index in [9.17, 15) is 5.11 Å². The van der Waals surface area contributed by atoms with Crippen LogP contribution in [0.5, 0.6) is 5.75 Å². The van der Waals surface area contributed by atoms with E-state index in [0.29, 0.717) is 19.2 Å². The lowest BCUT2D eigenvalue weighted by atomic mass is 10.1. The molecule has 0 aliphatic rings. The van der Waals surface area contributed by atoms with E-state index in [-0.39, 0.29) is 0 Å². The zero-order chi connectivity index (χ0) is 15.9. The van der Waals surface area contributed by atoms with Gasteiger partial charge in [-0.2, -0.15) is 0 Å². The zero-order valence-electron chi connectivity index (χ0n) is 13.6. The van der Waals surface area contributed by atoms with Gasteiger partial charge in [-0.25, -0.2) is 0 Å². The van der Waals surface area contributed by atoms with E-state index < -0.39 is 6.10 Å². The molecular weight excluding hydrogens is 274 g/mol. The first-order valence-electron chi connectivity index (χ1n) is 7.82. The first-order valence-corrected chi connectivity index (χ1v) is 7.82. The topological polar surface area (TPSA) is 46.1 Å². The van der Waals surface area contributed by atoms with Crippen LogP contribution in [-0.4, -0.2) is 24.4 Å². The minimum absolute atomic E-state index is 0.321. The van der Waals surface area contributed by atoms with Gasteiger partial charge in [-0.3, -0.25) is 0 Å². The highest BCUT2D eigenvalue weighted by Crippen LogP contribution is 2.18. The molecular formula is C19H26NO2+. The van der Waals surface area contributed by atoms with Crippen molar-refractivity contribution in [2.45, 2.75) is 32.9 Å². The SMILES string of the molecule is Cc1ccc(OCC(O)C[NH2+]C(C)c2ccccc2)c(C)c1. The molecule has 0 amide bonds. The van der Waals surface area contributed by atoms with Gasteiger partial charge >= 0.3 is 0 Å². The van der Waals surface area contributed by atoms with Gasteiger partial charge in [0.1, 0.15) is 31.0 Å². The molecule has 0 aliphatic heterocycles. The van der Waals surface area contributed by atoms with Gasteiger partial charge in [0.15, 0.2) is 0 Å². The van der Waals surface area contributed by atoms with Crippen molar-refractivity contribution >= 4 is 0 Å². The van der Waals surface area contributed by atoms with Crippen LogP contribution in [0.15, 0.2) is 48.5 Å². The predicted octanol–water partition coefficient (Wildman–Crippen LogP) is 2.37. The van der Waals surface area contributed by atoms with E-state index in [2.05, 4.69) is 37.4 Å². The fourth-order valence-corrected chi connectivity index (χ4v) is 2.47. The molecule has 2 rings (SSSR count). The number of aliphatic hydroxyl groups excluding tert-OH is 1. The predicted molar refractivity (Wildman–Crippen MR) is 89.1 cm³/mol. The summed E-state index contributed by atoms with van der Waals surface area (Å²) in [5.41, 5.74) is 3.59. The minimum Gasteiger partial charge on any atom is -0.490 e. The lowest BCUT2D eigenvalue weighted by molar-refractivity contribution is -0.698. The Labute approximate surface area is 133 Å². The van der Waals surface area contributed by atoms with Gasteiger partial charge in [-0.1, -0.05) is 48.0 Å². The molecule has 0 fully saturated rings. The third-order valence-electron chi connectivity index (χ3n) is 3.85. The Kier molecular flexibility index (Phi) is 5.99. The van der Waals surface area contributed by atoms with Gasteiger partial charge in [-0.15, -0.1) is 0 Å². The Balaban J connectivity index is 1.77. The molecule has 2 atom stereocenters. The van der Waals surface area contributed by atoms with Crippen LogP contribution in [0.4, 0.5) is 0 Å². The monoisotopic (exact) mass is 300 g/mol. The first kappa shape index (κ1) is 16.5. The number of quaternary nitrogens is 1. The minimum atomic E-state index is -0.480. The molecule has 22 heavy (non-hydrogen) atoms. The molecule has 0 saturated heterocycles. The Morgan fingerprint density at radius 2 is 1.82 bits per heavy atom. The maximum atomic E-state index is 10.1. The number of aliphatic hydroxyl groups is 1. The van der Waals surface area contributed by atoms with Crippen molar-refractivity contribution in [1.82, 2.24) is 0 Å². The quantitative estimate of drug-likeness (QED) is 0.824. The number of rotatable bonds is 7. The van der Waals surface area contributed by atoms with Gasteiger partial charge < -0.3 is 15.2 Å². The highest BCUT2D eigenvalue weighted by atomic mass is 16.5. The first-order chi connectivity index (χ1) is 10.6. The molecule has 2 aromatic rings. The Hall–Kier alpha value is -1.84. The number of aryl methyl sites for hydroxylation is 2. The second-order valence-electron chi connectivity index (χ2n) is 5.90. The van der Waals surface area contributed by atoms with Gasteiger partial charge in [0, 0.05) is 5.56 Å². The fraction of sp³-hybridized carbons (Fsp3) is 0.368. The van der Waals surface area contributed by atoms with Crippen LogP contribution in [-0.2, 0) is 0 Å². The standard InChI is InChI=1S/C19H25NO2/c1-14-9-10-19(15(2)11-14)22-13-18(21)12-20-16(3)17-7-5-4-6-8-17/h4-11,16,18,20-21H,12-13H2,1-3H3/p+1. The second-order valence-corrected chi connectivity index (χ2v) is 5.90. The highest BCUT2D eigenvalue weighted by molar-refractivity contribution is 5.35. The third-order valence-corrected chi connectivity index (χ3v) is 3.85. The average Bonchev–Trinajstić information content (AvgIpc) is 2.52. The summed E-state index contributed by atoms with van der Waals surface area (Å²) in [4.78, 5) is 0. The van der Waals surface area contributed by atoms with E-state index in [1.165, 1.54) is 11.1 Å². The van der Waals surface area contributed by atoms with Crippen molar-refractivity contribution in [3.63, 3.8) is 0 Å². The Morgan fingerprint density at radius 1 is 1.09 bits per heavy atom. The van der Waals surface area contributed by atoms with Gasteiger partial charge in [0.05, 0.1) is 0 Å². The zero-order valence-corrected chi connectivity index (χ0v) is 13.6. The summed E-state index contributed by atoms with van der Waals surface area (Å²) in [7, 11) is 0. The van der Waals surface area contributed by atoms with Gasteiger partial charge in [-0.05, 0) is 32.4 Å². The molecule has 0 heterocycles. The summed E-state index contributed by atoms with van der Waals surface area (Å²) in [6, 6.07) is 16.7. The molecule has 0 saturated carbocycles. The lowest BCUT2D eigenvalue weighted by Crippen LogP contribution is -2.87. The van der Waals surface area contributed by atoms with Crippen LogP contribution < -0.4 is 10.1 Å². The number of hydrogen-bond acceptors (Lipinski definition) is 2. The van der Waals surface area contributed by atoms with E-state index in [0.717, 1.165) is 11.3 Å². The summed E-state index contributed by atoms with van der Waals surface area (Å²) < 4.78 is 5.72. The Morgan fingerprint density at radius 3 is 2.50 bits per heavy atom. The van der Waals surface area contributed by atoms with Crippen molar-refractivity contribution in [1.29, 1.82) is 0 Å². The van der Waals surface area contributed by atoms with Gasteiger partial charge in [0.25, 0.3) is 0 Å². The number of benzene rings is 2. The van der Waals surface area contributed by atoms with Crippen LogP contribution in [0.1, 0.15) is 29.7 Å². The van der Waals surface area contributed by atoms with Crippen molar-refractivity contribution in [2.75, 3.05) is 13.2 Å². The second kappa shape index (κ2) is 7.97. The smallest absolute Gasteiger partial charge is 0.137 e. The van der Waals surface area contributed by atoms with Crippen molar-refractivity contribution in [3.05, 3.63) is 65.2 Å². The maximum absolute atomic E-state index is 10.1. The van der Waals surface area contributed by atoms with Crippen LogP contribution in [0.25, 0.3) is 0 Å². The van der Waals surface area contributed by atoms with Crippen molar-refractivity contribution in [2.24, 2.45) is 0 Å². The molecule has 3 N–H and O–H groups in total. The summed E-state index contributed by atoms with van der Waals surface area (Å²) in [5.74, 6) is 0.848. The molecule has 0 radical (unpaired) electrons. The number of nitrogens with two attached hydrogens (primary N) is 1. The van der Waals surface area contributed by atoms with E-state index >= 15 is 0 Å². The van der Waals surface area contributed by atoms with Crippen LogP contribution in [0.2, 0.25) is 0 Å². The van der Waals surface area contributed by atoms with Crippen LogP contribution in [0, 0.1) is 13.8 Å². The number of ether oxygens (including phenoxy) is 1. The van der Waals surface area contributed by atoms with E-state index in [4.69, 9.17) is 4.74 Å². The molecule has 2 aromatic carbocycles. The fourth-order valence-electron chi connectivity index (χ4n) is 2.47. The maximum Gasteiger partial charge on any atom is 0.137 e. The van der Waals surface area contributed by atoms with Crippen molar-refractivity contribution in [3.8, 4) is 5.75 Å². The normalized spacial score (nSPS) is 13.6. The molecule has 0 aliphatic carbocycles. The molecule has 3 nitrogen and oxygen atoms in total. The molecule has 0 bridgehead atoms.